The number of amides is 2. The highest BCUT2D eigenvalue weighted by Gasteiger charge is 2.12. The van der Waals surface area contributed by atoms with Crippen LogP contribution in [-0.2, 0) is 11.2 Å². The van der Waals surface area contributed by atoms with Crippen LogP contribution in [0.1, 0.15) is 22.3 Å². The van der Waals surface area contributed by atoms with Crippen molar-refractivity contribution < 1.29 is 9.59 Å². The zero-order valence-electron chi connectivity index (χ0n) is 11.9. The Morgan fingerprint density at radius 2 is 1.83 bits per heavy atom. The third kappa shape index (κ3) is 5.53. The van der Waals surface area contributed by atoms with Crippen molar-refractivity contribution in [2.75, 3.05) is 0 Å². The minimum atomic E-state index is -0.520. The van der Waals surface area contributed by atoms with Gasteiger partial charge in [-0.15, -0.1) is 0 Å². The molecule has 7 heteroatoms. The number of rotatable bonds is 4. The van der Waals surface area contributed by atoms with Crippen LogP contribution in [0.25, 0.3) is 0 Å². The summed E-state index contributed by atoms with van der Waals surface area (Å²) in [5.74, 6) is -0.815. The highest BCUT2D eigenvalue weighted by molar-refractivity contribution is 9.10. The lowest BCUT2D eigenvalue weighted by atomic mass is 10.1. The fourth-order valence-corrected chi connectivity index (χ4v) is 2.70. The van der Waals surface area contributed by atoms with Crippen LogP contribution in [0.2, 0.25) is 10.0 Å². The van der Waals surface area contributed by atoms with Gasteiger partial charge in [0.25, 0.3) is 5.91 Å². The van der Waals surface area contributed by atoms with Crippen molar-refractivity contribution in [2.24, 2.45) is 0 Å². The van der Waals surface area contributed by atoms with Gasteiger partial charge in [0.2, 0.25) is 5.91 Å². The number of benzene rings is 2. The molecule has 2 amide bonds. The van der Waals surface area contributed by atoms with Gasteiger partial charge in [-0.1, -0.05) is 51.3 Å². The molecule has 0 atom stereocenters. The summed E-state index contributed by atoms with van der Waals surface area (Å²) < 4.78 is 0.958. The summed E-state index contributed by atoms with van der Waals surface area (Å²) in [6.07, 6.45) is 0.819. The molecule has 0 saturated carbocycles. The van der Waals surface area contributed by atoms with Crippen molar-refractivity contribution in [1.29, 1.82) is 0 Å². The Bertz CT molecular complexity index is 738. The summed E-state index contributed by atoms with van der Waals surface area (Å²) in [7, 11) is 0. The second-order valence-electron chi connectivity index (χ2n) is 4.76. The summed E-state index contributed by atoms with van der Waals surface area (Å²) in [6.45, 7) is 0. The first kappa shape index (κ1) is 17.8. The molecular formula is C16H13BrCl2N2O2. The third-order valence-corrected chi connectivity index (χ3v) is 4.08. The number of halogens is 3. The van der Waals surface area contributed by atoms with Gasteiger partial charge >= 0.3 is 0 Å². The van der Waals surface area contributed by atoms with E-state index in [-0.39, 0.29) is 22.9 Å². The standard InChI is InChI=1S/C16H13BrCl2N2O2/c17-11-3-1-2-10(8-11)4-7-15(22)20-21-16(23)13-9-12(18)5-6-14(13)19/h1-3,5-6,8-9H,4,7H2,(H,20,22)(H,21,23). The predicted molar refractivity (Wildman–Crippen MR) is 94.5 cm³/mol. The first-order chi connectivity index (χ1) is 11.0. The fourth-order valence-electron chi connectivity index (χ4n) is 1.88. The van der Waals surface area contributed by atoms with E-state index in [0.29, 0.717) is 11.4 Å². The molecule has 2 N–H and O–H groups in total. The number of hydrazine groups is 1. The van der Waals surface area contributed by atoms with Gasteiger partial charge in [0.1, 0.15) is 0 Å². The molecule has 4 nitrogen and oxygen atoms in total. The van der Waals surface area contributed by atoms with Crippen LogP contribution in [0.4, 0.5) is 0 Å². The smallest absolute Gasteiger partial charge is 0.271 e. The average Bonchev–Trinajstić information content (AvgIpc) is 2.53. The largest absolute Gasteiger partial charge is 0.273 e. The van der Waals surface area contributed by atoms with Crippen LogP contribution in [0, 0.1) is 0 Å². The molecule has 0 saturated heterocycles. The molecule has 0 spiro atoms. The number of aryl methyl sites for hydroxylation is 1. The van der Waals surface area contributed by atoms with Crippen LogP contribution in [0.5, 0.6) is 0 Å². The Morgan fingerprint density at radius 1 is 1.04 bits per heavy atom. The lowest BCUT2D eigenvalue weighted by Gasteiger charge is -2.09. The molecule has 120 valence electrons. The van der Waals surface area contributed by atoms with Gasteiger partial charge in [0.15, 0.2) is 0 Å². The summed E-state index contributed by atoms with van der Waals surface area (Å²) in [6, 6.07) is 12.2. The molecule has 2 aromatic rings. The molecule has 0 radical (unpaired) electrons. The number of carbonyl (C=O) groups excluding carboxylic acids is 2. The molecule has 0 fully saturated rings. The van der Waals surface area contributed by atoms with Gasteiger partial charge in [-0.2, -0.15) is 0 Å². The maximum Gasteiger partial charge on any atom is 0.271 e. The number of hydrogen-bond acceptors (Lipinski definition) is 2. The van der Waals surface area contributed by atoms with Crippen molar-refractivity contribution in [3.05, 3.63) is 68.1 Å². The van der Waals surface area contributed by atoms with Gasteiger partial charge in [0, 0.05) is 15.9 Å². The molecule has 0 aromatic heterocycles. The van der Waals surface area contributed by atoms with Crippen LogP contribution in [0.3, 0.4) is 0 Å². The monoisotopic (exact) mass is 414 g/mol. The summed E-state index contributed by atoms with van der Waals surface area (Å²) >= 11 is 15.1. The molecular weight excluding hydrogens is 403 g/mol. The summed E-state index contributed by atoms with van der Waals surface area (Å²) in [5.41, 5.74) is 5.91. The van der Waals surface area contributed by atoms with Crippen LogP contribution >= 0.6 is 39.1 Å². The highest BCUT2D eigenvalue weighted by atomic mass is 79.9. The molecule has 0 aliphatic heterocycles. The van der Waals surface area contributed by atoms with E-state index in [1.54, 1.807) is 6.07 Å². The molecule has 0 aliphatic carbocycles. The van der Waals surface area contributed by atoms with E-state index in [1.807, 2.05) is 24.3 Å². The molecule has 0 unspecified atom stereocenters. The van der Waals surface area contributed by atoms with E-state index in [4.69, 9.17) is 23.2 Å². The number of hydrogen-bond donors (Lipinski definition) is 2. The molecule has 2 rings (SSSR count). The van der Waals surface area contributed by atoms with Gasteiger partial charge in [0.05, 0.1) is 10.6 Å². The van der Waals surface area contributed by atoms with Crippen molar-refractivity contribution >= 4 is 50.9 Å². The molecule has 0 aliphatic rings. The van der Waals surface area contributed by atoms with Crippen LogP contribution < -0.4 is 10.9 Å². The van der Waals surface area contributed by atoms with E-state index in [9.17, 15) is 9.59 Å². The van der Waals surface area contributed by atoms with Gasteiger partial charge < -0.3 is 0 Å². The third-order valence-electron chi connectivity index (χ3n) is 3.02. The lowest BCUT2D eigenvalue weighted by molar-refractivity contribution is -0.121. The molecule has 0 heterocycles. The highest BCUT2D eigenvalue weighted by Crippen LogP contribution is 2.20. The average molecular weight is 416 g/mol. The maximum absolute atomic E-state index is 12.0. The minimum Gasteiger partial charge on any atom is -0.273 e. The normalized spacial score (nSPS) is 10.2. The minimum absolute atomic E-state index is 0.200. The number of nitrogens with one attached hydrogen (secondary N) is 2. The van der Waals surface area contributed by atoms with E-state index in [2.05, 4.69) is 26.8 Å². The second-order valence-corrected chi connectivity index (χ2v) is 6.52. The maximum atomic E-state index is 12.0. The Balaban J connectivity index is 1.84. The second kappa shape index (κ2) is 8.34. The Kier molecular flexibility index (Phi) is 6.45. The van der Waals surface area contributed by atoms with Gasteiger partial charge in [-0.25, -0.2) is 0 Å². The fraction of sp³-hybridized carbons (Fsp3) is 0.125. The van der Waals surface area contributed by atoms with Gasteiger partial charge in [-0.05, 0) is 42.3 Å². The lowest BCUT2D eigenvalue weighted by Crippen LogP contribution is -2.41. The number of carbonyl (C=O) groups is 2. The summed E-state index contributed by atoms with van der Waals surface area (Å²) in [4.78, 5) is 23.8. The van der Waals surface area contributed by atoms with Crippen LogP contribution in [-0.4, -0.2) is 11.8 Å². The Morgan fingerprint density at radius 3 is 2.57 bits per heavy atom. The van der Waals surface area contributed by atoms with Crippen molar-refractivity contribution in [2.45, 2.75) is 12.8 Å². The van der Waals surface area contributed by atoms with E-state index in [0.717, 1.165) is 10.0 Å². The topological polar surface area (TPSA) is 58.2 Å². The first-order valence-corrected chi connectivity index (χ1v) is 8.29. The Labute approximate surface area is 152 Å². The summed E-state index contributed by atoms with van der Waals surface area (Å²) in [5, 5.41) is 0.649. The quantitative estimate of drug-likeness (QED) is 0.737. The molecule has 0 bridgehead atoms. The zero-order chi connectivity index (χ0) is 16.8. The first-order valence-electron chi connectivity index (χ1n) is 6.74. The Hall–Kier alpha value is -1.56. The zero-order valence-corrected chi connectivity index (χ0v) is 15.0. The SMILES string of the molecule is O=C(CCc1cccc(Br)c1)NNC(=O)c1cc(Cl)ccc1Cl. The predicted octanol–water partition coefficient (Wildman–Crippen LogP) is 4.15. The van der Waals surface area contributed by atoms with E-state index >= 15 is 0 Å². The van der Waals surface area contributed by atoms with E-state index < -0.39 is 5.91 Å². The van der Waals surface area contributed by atoms with Crippen LogP contribution in [0.15, 0.2) is 46.9 Å². The molecule has 2 aromatic carbocycles. The van der Waals surface area contributed by atoms with Crippen molar-refractivity contribution in [3.63, 3.8) is 0 Å². The van der Waals surface area contributed by atoms with Crippen molar-refractivity contribution in [3.8, 4) is 0 Å². The van der Waals surface area contributed by atoms with E-state index in [1.165, 1.54) is 12.1 Å². The van der Waals surface area contributed by atoms with Crippen molar-refractivity contribution in [1.82, 2.24) is 10.9 Å². The van der Waals surface area contributed by atoms with Gasteiger partial charge in [-0.3, -0.25) is 20.4 Å². The molecule has 23 heavy (non-hydrogen) atoms.